The van der Waals surface area contributed by atoms with Crippen LogP contribution in [0.1, 0.15) is 53.4 Å². The van der Waals surface area contributed by atoms with E-state index < -0.39 is 0 Å². The molecule has 0 heterocycles. The largest absolute Gasteiger partial charge is 0.329 e. The number of rotatable bonds is 8. The van der Waals surface area contributed by atoms with Crippen molar-refractivity contribution in [3.8, 4) is 0 Å². The third kappa shape index (κ3) is 4.43. The Morgan fingerprint density at radius 3 is 2.14 bits per heavy atom. The molecule has 0 rings (SSSR count). The Kier molecular flexibility index (Phi) is 8.20. The molecule has 0 aromatic rings. The van der Waals surface area contributed by atoms with Gasteiger partial charge < -0.3 is 5.73 Å². The second kappa shape index (κ2) is 8.25. The summed E-state index contributed by atoms with van der Waals surface area (Å²) in [7, 11) is 0. The lowest BCUT2D eigenvalue weighted by Crippen LogP contribution is -2.45. The van der Waals surface area contributed by atoms with Gasteiger partial charge in [-0.05, 0) is 32.7 Å². The van der Waals surface area contributed by atoms with Crippen molar-refractivity contribution in [3.05, 3.63) is 0 Å². The summed E-state index contributed by atoms with van der Waals surface area (Å²) in [6, 6.07) is 1.26. The molecular formula is C12H28N2. The van der Waals surface area contributed by atoms with Crippen LogP contribution in [0, 0.1) is 0 Å². The lowest BCUT2D eigenvalue weighted by Gasteiger charge is -2.35. The van der Waals surface area contributed by atoms with Crippen LogP contribution in [0.25, 0.3) is 0 Å². The Bertz CT molecular complexity index is 121. The van der Waals surface area contributed by atoms with Gasteiger partial charge in [-0.3, -0.25) is 4.90 Å². The fourth-order valence-electron chi connectivity index (χ4n) is 1.87. The Labute approximate surface area is 89.9 Å². The van der Waals surface area contributed by atoms with Crippen molar-refractivity contribution in [1.82, 2.24) is 4.90 Å². The molecule has 0 fully saturated rings. The molecule has 0 aliphatic carbocycles. The summed E-state index contributed by atoms with van der Waals surface area (Å²) in [5.74, 6) is 0. The first-order valence-corrected chi connectivity index (χ1v) is 6.16. The average Bonchev–Trinajstić information content (AvgIpc) is 2.23. The van der Waals surface area contributed by atoms with Crippen molar-refractivity contribution < 1.29 is 0 Å². The molecule has 86 valence electrons. The van der Waals surface area contributed by atoms with Crippen LogP contribution in [0.4, 0.5) is 0 Å². The lowest BCUT2D eigenvalue weighted by molar-refractivity contribution is 0.137. The zero-order chi connectivity index (χ0) is 11.0. The minimum absolute atomic E-state index is 0.580. The second-order valence-corrected chi connectivity index (χ2v) is 4.15. The monoisotopic (exact) mass is 200 g/mol. The molecular weight excluding hydrogens is 172 g/mol. The minimum Gasteiger partial charge on any atom is -0.329 e. The molecule has 2 atom stereocenters. The summed E-state index contributed by atoms with van der Waals surface area (Å²) in [6.07, 6.45) is 4.96. The molecule has 14 heavy (non-hydrogen) atoms. The second-order valence-electron chi connectivity index (χ2n) is 4.15. The molecule has 2 unspecified atom stereocenters. The maximum Gasteiger partial charge on any atom is 0.0218 e. The highest BCUT2D eigenvalue weighted by Crippen LogP contribution is 2.12. The van der Waals surface area contributed by atoms with Gasteiger partial charge >= 0.3 is 0 Å². The van der Waals surface area contributed by atoms with E-state index in [0.29, 0.717) is 12.1 Å². The van der Waals surface area contributed by atoms with E-state index in [1.807, 2.05) is 0 Å². The molecule has 0 aliphatic rings. The van der Waals surface area contributed by atoms with Crippen molar-refractivity contribution in [2.75, 3.05) is 13.1 Å². The fourth-order valence-corrected chi connectivity index (χ4v) is 1.87. The first-order valence-electron chi connectivity index (χ1n) is 6.16. The molecule has 2 heteroatoms. The molecule has 0 bridgehead atoms. The number of nitrogens with two attached hydrogens (primary N) is 1. The van der Waals surface area contributed by atoms with Gasteiger partial charge in [-0.25, -0.2) is 0 Å². The fraction of sp³-hybridized carbons (Fsp3) is 1.00. The normalized spacial score (nSPS) is 15.9. The number of unbranched alkanes of at least 4 members (excludes halogenated alkanes) is 1. The van der Waals surface area contributed by atoms with Crippen LogP contribution < -0.4 is 5.73 Å². The van der Waals surface area contributed by atoms with E-state index in [0.717, 1.165) is 6.54 Å². The molecule has 2 nitrogen and oxygen atoms in total. The summed E-state index contributed by atoms with van der Waals surface area (Å²) >= 11 is 0. The van der Waals surface area contributed by atoms with E-state index in [-0.39, 0.29) is 0 Å². The minimum atomic E-state index is 0.580. The van der Waals surface area contributed by atoms with E-state index in [1.165, 1.54) is 32.2 Å². The Balaban J connectivity index is 4.19. The van der Waals surface area contributed by atoms with Crippen LogP contribution >= 0.6 is 0 Å². The molecule has 0 radical (unpaired) electrons. The van der Waals surface area contributed by atoms with Gasteiger partial charge in [0.2, 0.25) is 0 Å². The summed E-state index contributed by atoms with van der Waals surface area (Å²) < 4.78 is 0. The Morgan fingerprint density at radius 1 is 1.14 bits per heavy atom. The van der Waals surface area contributed by atoms with Crippen LogP contribution in [0.2, 0.25) is 0 Å². The zero-order valence-electron chi connectivity index (χ0n) is 10.4. The van der Waals surface area contributed by atoms with Crippen molar-refractivity contribution in [2.45, 2.75) is 65.5 Å². The summed E-state index contributed by atoms with van der Waals surface area (Å²) in [5.41, 5.74) is 5.81. The van der Waals surface area contributed by atoms with Crippen molar-refractivity contribution in [3.63, 3.8) is 0 Å². The topological polar surface area (TPSA) is 29.3 Å². The van der Waals surface area contributed by atoms with Crippen LogP contribution in [0.5, 0.6) is 0 Å². The van der Waals surface area contributed by atoms with Crippen molar-refractivity contribution in [1.29, 1.82) is 0 Å². The molecule has 0 amide bonds. The van der Waals surface area contributed by atoms with E-state index in [1.54, 1.807) is 0 Å². The molecule has 2 N–H and O–H groups in total. The van der Waals surface area contributed by atoms with Gasteiger partial charge in [0.05, 0.1) is 0 Å². The van der Waals surface area contributed by atoms with Gasteiger partial charge in [-0.2, -0.15) is 0 Å². The third-order valence-corrected chi connectivity index (χ3v) is 3.14. The number of nitrogens with zero attached hydrogens (tertiary/aromatic N) is 1. The van der Waals surface area contributed by atoms with Gasteiger partial charge in [-0.15, -0.1) is 0 Å². The van der Waals surface area contributed by atoms with E-state index in [4.69, 9.17) is 5.73 Å². The van der Waals surface area contributed by atoms with Crippen LogP contribution in [-0.4, -0.2) is 30.1 Å². The predicted octanol–water partition coefficient (Wildman–Crippen LogP) is 2.62. The SMILES string of the molecule is CCCCN(C(C)CC)C(CC)CN. The van der Waals surface area contributed by atoms with Crippen LogP contribution in [0.3, 0.4) is 0 Å². The molecule has 0 saturated carbocycles. The van der Waals surface area contributed by atoms with E-state index in [2.05, 4.69) is 32.6 Å². The first kappa shape index (κ1) is 13.9. The van der Waals surface area contributed by atoms with Gasteiger partial charge in [0, 0.05) is 18.6 Å². The van der Waals surface area contributed by atoms with Crippen molar-refractivity contribution in [2.24, 2.45) is 5.73 Å². The van der Waals surface area contributed by atoms with Gasteiger partial charge in [0.1, 0.15) is 0 Å². The molecule has 0 aromatic heterocycles. The number of hydrogen-bond donors (Lipinski definition) is 1. The average molecular weight is 200 g/mol. The molecule has 0 aliphatic heterocycles. The number of hydrogen-bond acceptors (Lipinski definition) is 2. The predicted molar refractivity (Wildman–Crippen MR) is 64.5 cm³/mol. The zero-order valence-corrected chi connectivity index (χ0v) is 10.4. The third-order valence-electron chi connectivity index (χ3n) is 3.14. The van der Waals surface area contributed by atoms with E-state index in [9.17, 15) is 0 Å². The Hall–Kier alpha value is -0.0800. The Morgan fingerprint density at radius 2 is 1.79 bits per heavy atom. The smallest absolute Gasteiger partial charge is 0.0218 e. The highest BCUT2D eigenvalue weighted by atomic mass is 15.2. The molecule has 0 aromatic carbocycles. The standard InChI is InChI=1S/C12H28N2/c1-5-8-9-14(11(4)6-2)12(7-3)10-13/h11-12H,5-10,13H2,1-4H3. The van der Waals surface area contributed by atoms with Gasteiger partial charge in [0.15, 0.2) is 0 Å². The maximum atomic E-state index is 5.81. The summed E-state index contributed by atoms with van der Waals surface area (Å²) in [5, 5.41) is 0. The van der Waals surface area contributed by atoms with Gasteiger partial charge in [0.25, 0.3) is 0 Å². The first-order chi connectivity index (χ1) is 6.71. The van der Waals surface area contributed by atoms with E-state index >= 15 is 0 Å². The summed E-state index contributed by atoms with van der Waals surface area (Å²) in [6.45, 7) is 11.1. The lowest BCUT2D eigenvalue weighted by atomic mass is 10.1. The molecule has 0 spiro atoms. The van der Waals surface area contributed by atoms with Gasteiger partial charge in [-0.1, -0.05) is 27.2 Å². The quantitative estimate of drug-likeness (QED) is 0.652. The molecule has 0 saturated heterocycles. The van der Waals surface area contributed by atoms with Crippen LogP contribution in [0.15, 0.2) is 0 Å². The maximum absolute atomic E-state index is 5.81. The van der Waals surface area contributed by atoms with Crippen molar-refractivity contribution >= 4 is 0 Å². The highest BCUT2D eigenvalue weighted by molar-refractivity contribution is 4.75. The van der Waals surface area contributed by atoms with Crippen LogP contribution in [-0.2, 0) is 0 Å². The summed E-state index contributed by atoms with van der Waals surface area (Å²) in [4.78, 5) is 2.59. The highest BCUT2D eigenvalue weighted by Gasteiger charge is 2.18.